The largest absolute Gasteiger partial charge is 0.358 e. The Balaban J connectivity index is 2.11. The fraction of sp³-hybridized carbons (Fsp3) is 0.375. The molecule has 1 aromatic heterocycles. The first-order valence-electron chi connectivity index (χ1n) is 7.68. The number of fused-ring (bicyclic) bond motifs is 1. The quantitative estimate of drug-likeness (QED) is 0.861. The zero-order chi connectivity index (χ0) is 17.5. The Morgan fingerprint density at radius 2 is 1.96 bits per heavy atom. The van der Waals surface area contributed by atoms with E-state index in [1.807, 2.05) is 24.3 Å². The van der Waals surface area contributed by atoms with Crippen LogP contribution in [-0.2, 0) is 27.8 Å². The Bertz CT molecular complexity index is 869. The molecular weight excluding hydrogens is 328 g/mol. The molecule has 2 aromatic rings. The fourth-order valence-electron chi connectivity index (χ4n) is 3.18. The van der Waals surface area contributed by atoms with E-state index >= 15 is 0 Å². The summed E-state index contributed by atoms with van der Waals surface area (Å²) >= 11 is 0. The second-order valence-corrected chi connectivity index (χ2v) is 7.74. The van der Waals surface area contributed by atoms with Gasteiger partial charge in [0.1, 0.15) is 10.9 Å². The number of aryl methyl sites for hydroxylation is 2. The lowest BCUT2D eigenvalue weighted by molar-refractivity contribution is -0.124. The first-order chi connectivity index (χ1) is 11.4. The van der Waals surface area contributed by atoms with Gasteiger partial charge in [-0.15, -0.1) is 0 Å². The lowest BCUT2D eigenvalue weighted by atomic mass is 9.95. The topological polar surface area (TPSA) is 95.2 Å². The van der Waals surface area contributed by atoms with E-state index in [9.17, 15) is 13.2 Å². The molecular formula is C16H20N4O3S. The van der Waals surface area contributed by atoms with Gasteiger partial charge < -0.3 is 5.32 Å². The van der Waals surface area contributed by atoms with E-state index in [4.69, 9.17) is 0 Å². The predicted octanol–water partition coefficient (Wildman–Crippen LogP) is 0.888. The monoisotopic (exact) mass is 348 g/mol. The minimum atomic E-state index is -3.85. The smallest absolute Gasteiger partial charge is 0.247 e. The molecule has 0 fully saturated rings. The van der Waals surface area contributed by atoms with Gasteiger partial charge in [0.2, 0.25) is 15.9 Å². The highest BCUT2D eigenvalue weighted by molar-refractivity contribution is 7.89. The standard InChI is InChI=1S/C16H20N4O3S/c1-10-15(11(2)19-18-10)24(22,23)20-9-13-7-5-4-6-12(13)8-14(20)16(21)17-3/h4-7,14H,8-9H2,1-3H3,(H,17,21)(H,18,19). The fourth-order valence-corrected chi connectivity index (χ4v) is 5.08. The normalized spacial score (nSPS) is 18.2. The zero-order valence-corrected chi connectivity index (χ0v) is 14.6. The van der Waals surface area contributed by atoms with E-state index in [0.717, 1.165) is 11.1 Å². The third-order valence-electron chi connectivity index (χ3n) is 4.38. The van der Waals surface area contributed by atoms with E-state index in [1.165, 1.54) is 11.4 Å². The minimum absolute atomic E-state index is 0.149. The van der Waals surface area contributed by atoms with Gasteiger partial charge in [0.25, 0.3) is 0 Å². The number of likely N-dealkylation sites (N-methyl/N-ethyl adjacent to an activating group) is 1. The molecule has 2 N–H and O–H groups in total. The Morgan fingerprint density at radius 1 is 1.29 bits per heavy atom. The predicted molar refractivity (Wildman–Crippen MR) is 88.8 cm³/mol. The van der Waals surface area contributed by atoms with Gasteiger partial charge in [-0.1, -0.05) is 24.3 Å². The number of benzene rings is 1. The van der Waals surface area contributed by atoms with Crippen molar-refractivity contribution in [3.8, 4) is 0 Å². The van der Waals surface area contributed by atoms with E-state index in [-0.39, 0.29) is 17.3 Å². The Kier molecular flexibility index (Phi) is 4.18. The molecule has 1 aliphatic heterocycles. The van der Waals surface area contributed by atoms with Crippen LogP contribution in [0.4, 0.5) is 0 Å². The van der Waals surface area contributed by atoms with Crippen molar-refractivity contribution in [3.05, 3.63) is 46.8 Å². The number of amides is 1. The number of hydrogen-bond donors (Lipinski definition) is 2. The Labute approximate surface area is 141 Å². The van der Waals surface area contributed by atoms with Gasteiger partial charge in [0.15, 0.2) is 0 Å². The summed E-state index contributed by atoms with van der Waals surface area (Å²) < 4.78 is 27.7. The summed E-state index contributed by atoms with van der Waals surface area (Å²) in [5, 5.41) is 9.26. The number of aromatic nitrogens is 2. The number of nitrogens with zero attached hydrogens (tertiary/aromatic N) is 2. The summed E-state index contributed by atoms with van der Waals surface area (Å²) in [4.78, 5) is 12.5. The van der Waals surface area contributed by atoms with Crippen LogP contribution in [0.1, 0.15) is 22.5 Å². The van der Waals surface area contributed by atoms with Crippen LogP contribution < -0.4 is 5.32 Å². The number of rotatable bonds is 3. The molecule has 1 atom stereocenters. The number of sulfonamides is 1. The molecule has 128 valence electrons. The third kappa shape index (κ3) is 2.61. The van der Waals surface area contributed by atoms with Crippen LogP contribution in [0.3, 0.4) is 0 Å². The highest BCUT2D eigenvalue weighted by atomic mass is 32.2. The Morgan fingerprint density at radius 3 is 2.54 bits per heavy atom. The highest BCUT2D eigenvalue weighted by Crippen LogP contribution is 2.31. The Hall–Kier alpha value is -2.19. The van der Waals surface area contributed by atoms with E-state index in [1.54, 1.807) is 13.8 Å². The van der Waals surface area contributed by atoms with Gasteiger partial charge in [0, 0.05) is 13.6 Å². The summed E-state index contributed by atoms with van der Waals surface area (Å²) in [7, 11) is -2.33. The molecule has 24 heavy (non-hydrogen) atoms. The van der Waals surface area contributed by atoms with Crippen molar-refractivity contribution in [2.75, 3.05) is 7.05 Å². The summed E-state index contributed by atoms with van der Waals surface area (Å²) in [5.74, 6) is -0.313. The number of aromatic amines is 1. The third-order valence-corrected chi connectivity index (χ3v) is 6.50. The molecule has 7 nitrogen and oxygen atoms in total. The maximum Gasteiger partial charge on any atom is 0.247 e. The van der Waals surface area contributed by atoms with Crippen molar-refractivity contribution < 1.29 is 13.2 Å². The number of carbonyl (C=O) groups is 1. The van der Waals surface area contributed by atoms with Gasteiger partial charge in [-0.2, -0.15) is 9.40 Å². The van der Waals surface area contributed by atoms with Crippen molar-refractivity contribution in [2.45, 2.75) is 37.8 Å². The van der Waals surface area contributed by atoms with Crippen LogP contribution >= 0.6 is 0 Å². The number of nitrogens with one attached hydrogen (secondary N) is 2. The first-order valence-corrected chi connectivity index (χ1v) is 9.12. The van der Waals surface area contributed by atoms with Gasteiger partial charge in [-0.25, -0.2) is 8.42 Å². The van der Waals surface area contributed by atoms with Crippen LogP contribution in [0, 0.1) is 13.8 Å². The van der Waals surface area contributed by atoms with Crippen molar-refractivity contribution in [1.82, 2.24) is 19.8 Å². The molecule has 1 aliphatic rings. The minimum Gasteiger partial charge on any atom is -0.358 e. The molecule has 0 aliphatic carbocycles. The van der Waals surface area contributed by atoms with Crippen molar-refractivity contribution in [3.63, 3.8) is 0 Å². The molecule has 1 amide bonds. The SMILES string of the molecule is CNC(=O)C1Cc2ccccc2CN1S(=O)(=O)c1c(C)n[nH]c1C. The molecule has 0 saturated carbocycles. The second kappa shape index (κ2) is 6.03. The maximum absolute atomic E-state index is 13.2. The summed E-state index contributed by atoms with van der Waals surface area (Å²) in [5.41, 5.74) is 2.79. The molecule has 1 aromatic carbocycles. The number of carbonyl (C=O) groups excluding carboxylic acids is 1. The average molecular weight is 348 g/mol. The van der Waals surface area contributed by atoms with Gasteiger partial charge >= 0.3 is 0 Å². The molecule has 0 spiro atoms. The molecule has 0 bridgehead atoms. The summed E-state index contributed by atoms with van der Waals surface area (Å²) in [6.45, 7) is 3.48. The van der Waals surface area contributed by atoms with Crippen molar-refractivity contribution in [1.29, 1.82) is 0 Å². The molecule has 8 heteroatoms. The molecule has 0 saturated heterocycles. The lowest BCUT2D eigenvalue weighted by Gasteiger charge is -2.34. The molecule has 0 radical (unpaired) electrons. The zero-order valence-electron chi connectivity index (χ0n) is 13.8. The van der Waals surface area contributed by atoms with E-state index in [0.29, 0.717) is 17.8 Å². The number of H-pyrrole nitrogens is 1. The maximum atomic E-state index is 13.2. The highest BCUT2D eigenvalue weighted by Gasteiger charge is 2.41. The van der Waals surface area contributed by atoms with Crippen LogP contribution in [-0.4, -0.2) is 41.9 Å². The average Bonchev–Trinajstić information content (AvgIpc) is 2.92. The van der Waals surface area contributed by atoms with Crippen LogP contribution in [0.2, 0.25) is 0 Å². The van der Waals surface area contributed by atoms with E-state index in [2.05, 4.69) is 15.5 Å². The molecule has 2 heterocycles. The molecule has 1 unspecified atom stereocenters. The second-order valence-electron chi connectivity index (χ2n) is 5.92. The van der Waals surface area contributed by atoms with Crippen LogP contribution in [0.5, 0.6) is 0 Å². The van der Waals surface area contributed by atoms with Crippen LogP contribution in [0.15, 0.2) is 29.2 Å². The van der Waals surface area contributed by atoms with Gasteiger partial charge in [-0.05, 0) is 31.4 Å². The summed E-state index contributed by atoms with van der Waals surface area (Å²) in [6.07, 6.45) is 0.352. The van der Waals surface area contributed by atoms with Crippen molar-refractivity contribution in [2.24, 2.45) is 0 Å². The molecule has 3 rings (SSSR count). The van der Waals surface area contributed by atoms with Gasteiger partial charge in [0.05, 0.1) is 11.4 Å². The van der Waals surface area contributed by atoms with Crippen molar-refractivity contribution >= 4 is 15.9 Å². The summed E-state index contributed by atoms with van der Waals surface area (Å²) in [6, 6.07) is 6.83. The van der Waals surface area contributed by atoms with Crippen LogP contribution in [0.25, 0.3) is 0 Å². The van der Waals surface area contributed by atoms with Gasteiger partial charge in [-0.3, -0.25) is 9.89 Å². The van der Waals surface area contributed by atoms with E-state index < -0.39 is 16.1 Å². The number of hydrogen-bond acceptors (Lipinski definition) is 4. The lowest BCUT2D eigenvalue weighted by Crippen LogP contribution is -2.51. The first kappa shape index (κ1) is 16.7.